The zero-order chi connectivity index (χ0) is 17.7. The maximum atomic E-state index is 12.9. The van der Waals surface area contributed by atoms with E-state index in [1.54, 1.807) is 31.4 Å². The Kier molecular flexibility index (Phi) is 6.73. The van der Waals surface area contributed by atoms with Crippen LogP contribution >= 0.6 is 22.6 Å². The third-order valence-electron chi connectivity index (χ3n) is 3.48. The van der Waals surface area contributed by atoms with Crippen molar-refractivity contribution in [2.75, 3.05) is 20.3 Å². The molecule has 0 amide bonds. The van der Waals surface area contributed by atoms with E-state index >= 15 is 0 Å². The predicted octanol–water partition coefficient (Wildman–Crippen LogP) is 3.72. The maximum absolute atomic E-state index is 12.9. The number of aromatic nitrogens is 1. The summed E-state index contributed by atoms with van der Waals surface area (Å²) in [6.07, 6.45) is -2.60. The van der Waals surface area contributed by atoms with Gasteiger partial charge in [-0.3, -0.25) is 4.79 Å². The van der Waals surface area contributed by atoms with Gasteiger partial charge in [-0.25, -0.2) is 8.78 Å². The average molecular weight is 449 g/mol. The molecule has 24 heavy (non-hydrogen) atoms. The van der Waals surface area contributed by atoms with E-state index in [0.29, 0.717) is 28.2 Å². The van der Waals surface area contributed by atoms with Crippen LogP contribution in [0.3, 0.4) is 0 Å². The van der Waals surface area contributed by atoms with E-state index in [1.807, 2.05) is 35.6 Å². The summed E-state index contributed by atoms with van der Waals surface area (Å²) < 4.78 is 37.7. The number of nitrogens with zero attached hydrogens (tertiary/aromatic N) is 1. The number of methoxy groups -OCH3 is 1. The third-order valence-corrected chi connectivity index (χ3v) is 4.30. The number of alkyl halides is 2. The predicted molar refractivity (Wildman–Crippen MR) is 97.0 cm³/mol. The second-order valence-corrected chi connectivity index (χ2v) is 6.35. The molecule has 0 N–H and O–H groups in total. The maximum Gasteiger partial charge on any atom is 0.264 e. The molecule has 0 atom stereocenters. The van der Waals surface area contributed by atoms with E-state index in [4.69, 9.17) is 9.47 Å². The quantitative estimate of drug-likeness (QED) is 0.478. The number of ether oxygens (including phenoxy) is 2. The van der Waals surface area contributed by atoms with Crippen LogP contribution in [0.25, 0.3) is 11.3 Å². The van der Waals surface area contributed by atoms with E-state index < -0.39 is 18.5 Å². The van der Waals surface area contributed by atoms with Crippen molar-refractivity contribution in [1.82, 2.24) is 4.57 Å². The van der Waals surface area contributed by atoms with Crippen LogP contribution in [0, 0.1) is 10.5 Å². The van der Waals surface area contributed by atoms with E-state index in [0.717, 1.165) is 15.7 Å². The molecule has 1 aromatic carbocycles. The van der Waals surface area contributed by atoms with Gasteiger partial charge in [0.2, 0.25) is 0 Å². The lowest BCUT2D eigenvalue weighted by Gasteiger charge is -2.16. The van der Waals surface area contributed by atoms with Crippen molar-refractivity contribution in [3.8, 4) is 17.0 Å². The largest absolute Gasteiger partial charge is 0.491 e. The minimum atomic E-state index is -2.60. The molecule has 0 saturated carbocycles. The van der Waals surface area contributed by atoms with Crippen LogP contribution in [0.2, 0.25) is 0 Å². The summed E-state index contributed by atoms with van der Waals surface area (Å²) in [6.45, 7) is 2.13. The van der Waals surface area contributed by atoms with E-state index in [-0.39, 0.29) is 0 Å². The van der Waals surface area contributed by atoms with Crippen LogP contribution in [0.5, 0.6) is 5.75 Å². The zero-order valence-corrected chi connectivity index (χ0v) is 15.5. The first kappa shape index (κ1) is 18.9. The number of hydrogen-bond donors (Lipinski definition) is 0. The van der Waals surface area contributed by atoms with Crippen LogP contribution in [0.1, 0.15) is 5.56 Å². The monoisotopic (exact) mass is 449 g/mol. The molecule has 0 aliphatic rings. The van der Waals surface area contributed by atoms with Gasteiger partial charge in [0.25, 0.3) is 12.0 Å². The van der Waals surface area contributed by atoms with Crippen LogP contribution in [-0.2, 0) is 11.3 Å². The van der Waals surface area contributed by atoms with Gasteiger partial charge in [0.1, 0.15) is 12.4 Å². The highest BCUT2D eigenvalue weighted by Crippen LogP contribution is 2.27. The van der Waals surface area contributed by atoms with Gasteiger partial charge in [-0.05, 0) is 65.4 Å². The summed E-state index contributed by atoms with van der Waals surface area (Å²) >= 11 is 1.86. The van der Waals surface area contributed by atoms with Gasteiger partial charge in [-0.1, -0.05) is 0 Å². The number of pyridine rings is 1. The first-order valence-electron chi connectivity index (χ1n) is 7.34. The van der Waals surface area contributed by atoms with Crippen molar-refractivity contribution < 1.29 is 18.3 Å². The van der Waals surface area contributed by atoms with Gasteiger partial charge >= 0.3 is 0 Å². The Morgan fingerprint density at radius 1 is 1.21 bits per heavy atom. The van der Waals surface area contributed by atoms with Gasteiger partial charge < -0.3 is 14.0 Å². The molecule has 0 radical (unpaired) electrons. The fourth-order valence-electron chi connectivity index (χ4n) is 2.36. The molecule has 0 aliphatic heterocycles. The Hall–Kier alpha value is -1.48. The molecule has 1 heterocycles. The van der Waals surface area contributed by atoms with Crippen LogP contribution in [-0.4, -0.2) is 31.3 Å². The highest BCUT2D eigenvalue weighted by atomic mass is 127. The molecule has 2 rings (SSSR count). The van der Waals surface area contributed by atoms with Gasteiger partial charge in [-0.15, -0.1) is 0 Å². The lowest BCUT2D eigenvalue weighted by Crippen LogP contribution is -2.26. The fourth-order valence-corrected chi connectivity index (χ4v) is 2.83. The lowest BCUT2D eigenvalue weighted by molar-refractivity contribution is 0.125. The first-order chi connectivity index (χ1) is 11.4. The van der Waals surface area contributed by atoms with Crippen molar-refractivity contribution in [2.24, 2.45) is 0 Å². The molecular formula is C17H18F2INO3. The summed E-state index contributed by atoms with van der Waals surface area (Å²) in [5, 5.41) is 0. The molecule has 0 spiro atoms. The molecule has 0 unspecified atom stereocenters. The average Bonchev–Trinajstić information content (AvgIpc) is 2.53. The number of hydrogen-bond acceptors (Lipinski definition) is 3. The summed E-state index contributed by atoms with van der Waals surface area (Å²) in [7, 11) is 1.59. The third kappa shape index (κ3) is 4.54. The molecular weight excluding hydrogens is 431 g/mol. The molecule has 0 aliphatic carbocycles. The van der Waals surface area contributed by atoms with Gasteiger partial charge in [0.05, 0.1) is 22.4 Å². The highest BCUT2D eigenvalue weighted by Gasteiger charge is 2.15. The molecule has 0 fully saturated rings. The Morgan fingerprint density at radius 3 is 2.58 bits per heavy atom. The molecule has 0 bridgehead atoms. The van der Waals surface area contributed by atoms with Crippen LogP contribution in [0.4, 0.5) is 8.78 Å². The topological polar surface area (TPSA) is 40.5 Å². The van der Waals surface area contributed by atoms with Gasteiger partial charge in [0.15, 0.2) is 0 Å². The Morgan fingerprint density at radius 2 is 1.96 bits per heavy atom. The normalized spacial score (nSPS) is 11.1. The fraction of sp³-hybridized carbons (Fsp3) is 0.353. The van der Waals surface area contributed by atoms with E-state index in [9.17, 15) is 13.6 Å². The Bertz CT molecular complexity index is 762. The summed E-state index contributed by atoms with van der Waals surface area (Å²) in [6, 6.07) is 8.69. The minimum absolute atomic E-state index is 0.409. The zero-order valence-electron chi connectivity index (χ0n) is 13.4. The Labute approximate surface area is 152 Å². The van der Waals surface area contributed by atoms with Gasteiger partial charge in [0, 0.05) is 12.7 Å². The number of halogens is 3. The molecule has 7 heteroatoms. The SMILES string of the molecule is COCCOc1ccc(-c2ccc(I)c(=O)n2CC(F)F)c(C)c1. The second-order valence-electron chi connectivity index (χ2n) is 5.19. The summed E-state index contributed by atoms with van der Waals surface area (Å²) in [4.78, 5) is 12.2. The molecule has 1 aromatic heterocycles. The van der Waals surface area contributed by atoms with Crippen molar-refractivity contribution in [3.63, 3.8) is 0 Å². The summed E-state index contributed by atoms with van der Waals surface area (Å²) in [5.74, 6) is 0.668. The van der Waals surface area contributed by atoms with Crippen molar-refractivity contribution in [1.29, 1.82) is 0 Å². The van der Waals surface area contributed by atoms with E-state index in [1.165, 1.54) is 0 Å². The summed E-state index contributed by atoms with van der Waals surface area (Å²) in [5.41, 5.74) is 1.63. The van der Waals surface area contributed by atoms with Crippen molar-refractivity contribution in [2.45, 2.75) is 19.9 Å². The second kappa shape index (κ2) is 8.57. The van der Waals surface area contributed by atoms with E-state index in [2.05, 4.69) is 0 Å². The highest BCUT2D eigenvalue weighted by molar-refractivity contribution is 14.1. The lowest BCUT2D eigenvalue weighted by atomic mass is 10.0. The molecule has 130 valence electrons. The number of aryl methyl sites for hydroxylation is 1. The minimum Gasteiger partial charge on any atom is -0.491 e. The number of benzene rings is 1. The molecule has 4 nitrogen and oxygen atoms in total. The Balaban J connectivity index is 2.41. The van der Waals surface area contributed by atoms with Crippen molar-refractivity contribution >= 4 is 22.6 Å². The first-order valence-corrected chi connectivity index (χ1v) is 8.42. The molecule has 2 aromatic rings. The number of rotatable bonds is 7. The van der Waals surface area contributed by atoms with Gasteiger partial charge in [-0.2, -0.15) is 0 Å². The van der Waals surface area contributed by atoms with Crippen LogP contribution in [0.15, 0.2) is 35.1 Å². The standard InChI is InChI=1S/C17H18F2INO3/c1-11-9-12(24-8-7-23-2)3-4-13(11)15-6-5-14(20)17(22)21(15)10-16(18)19/h3-6,9,16H,7-8,10H2,1-2H3. The molecule has 0 saturated heterocycles. The van der Waals surface area contributed by atoms with Crippen LogP contribution < -0.4 is 10.3 Å². The smallest absolute Gasteiger partial charge is 0.264 e. The van der Waals surface area contributed by atoms with Crippen molar-refractivity contribution in [3.05, 3.63) is 49.8 Å².